The van der Waals surface area contributed by atoms with E-state index in [0.717, 1.165) is 30.5 Å². The van der Waals surface area contributed by atoms with E-state index in [2.05, 4.69) is 83.8 Å². The van der Waals surface area contributed by atoms with Crippen LogP contribution in [0.2, 0.25) is 0 Å². The average molecular weight is 487 g/mol. The maximum Gasteiger partial charge on any atom is 0.191 e. The van der Waals surface area contributed by atoms with Gasteiger partial charge in [0.1, 0.15) is 5.01 Å². The fourth-order valence-electron chi connectivity index (χ4n) is 2.50. The first-order chi connectivity index (χ1) is 12.1. The van der Waals surface area contributed by atoms with Gasteiger partial charge in [0.2, 0.25) is 0 Å². The Morgan fingerprint density at radius 3 is 2.54 bits per heavy atom. The van der Waals surface area contributed by atoms with Crippen molar-refractivity contribution in [2.75, 3.05) is 27.2 Å². The lowest BCUT2D eigenvalue weighted by Crippen LogP contribution is -2.46. The number of benzene rings is 1. The van der Waals surface area contributed by atoms with Gasteiger partial charge in [-0.1, -0.05) is 30.3 Å². The monoisotopic (exact) mass is 487 g/mol. The summed E-state index contributed by atoms with van der Waals surface area (Å²) in [5.74, 6) is 0.843. The van der Waals surface area contributed by atoms with Gasteiger partial charge in [0, 0.05) is 30.2 Å². The molecule has 2 aromatic rings. The number of nitrogens with one attached hydrogen (secondary N) is 2. The predicted octanol–water partition coefficient (Wildman–Crippen LogP) is 3.30. The maximum atomic E-state index is 4.66. The molecule has 1 unspecified atom stereocenters. The van der Waals surface area contributed by atoms with E-state index in [0.29, 0.717) is 12.6 Å². The van der Waals surface area contributed by atoms with Crippen molar-refractivity contribution in [1.29, 1.82) is 0 Å². The minimum absolute atomic E-state index is 0. The van der Waals surface area contributed by atoms with Gasteiger partial charge in [-0.15, -0.1) is 35.3 Å². The summed E-state index contributed by atoms with van der Waals surface area (Å²) in [6, 6.07) is 11.0. The number of hydrogen-bond acceptors (Lipinski definition) is 4. The van der Waals surface area contributed by atoms with Crippen LogP contribution in [-0.2, 0) is 13.0 Å². The van der Waals surface area contributed by atoms with E-state index in [-0.39, 0.29) is 24.0 Å². The number of aryl methyl sites for hydroxylation is 1. The predicted molar refractivity (Wildman–Crippen MR) is 123 cm³/mol. The second-order valence-corrected chi connectivity index (χ2v) is 7.57. The number of guanidine groups is 1. The van der Waals surface area contributed by atoms with Crippen LogP contribution in [0.5, 0.6) is 0 Å². The summed E-state index contributed by atoms with van der Waals surface area (Å²) >= 11 is 1.70. The zero-order valence-electron chi connectivity index (χ0n) is 16.0. The summed E-state index contributed by atoms with van der Waals surface area (Å²) in [5.41, 5.74) is 1.35. The smallest absolute Gasteiger partial charge is 0.191 e. The molecule has 0 saturated heterocycles. The van der Waals surface area contributed by atoms with Crippen LogP contribution in [0.15, 0.2) is 41.5 Å². The molecule has 144 valence electrons. The topological polar surface area (TPSA) is 52.6 Å². The van der Waals surface area contributed by atoms with Gasteiger partial charge in [-0.25, -0.2) is 9.98 Å². The van der Waals surface area contributed by atoms with Gasteiger partial charge in [-0.05, 0) is 39.9 Å². The van der Waals surface area contributed by atoms with Crippen molar-refractivity contribution in [2.24, 2.45) is 4.99 Å². The highest BCUT2D eigenvalue weighted by molar-refractivity contribution is 14.0. The third kappa shape index (κ3) is 8.01. The third-order valence-corrected chi connectivity index (χ3v) is 4.83. The molecule has 2 N–H and O–H groups in total. The lowest BCUT2D eigenvalue weighted by Gasteiger charge is -2.25. The average Bonchev–Trinajstić information content (AvgIpc) is 3.02. The molecular weight excluding hydrogens is 457 g/mol. The molecule has 1 aromatic heterocycles. The van der Waals surface area contributed by atoms with Gasteiger partial charge < -0.3 is 15.5 Å². The van der Waals surface area contributed by atoms with Crippen LogP contribution >= 0.6 is 35.3 Å². The molecule has 1 atom stereocenters. The van der Waals surface area contributed by atoms with E-state index >= 15 is 0 Å². The summed E-state index contributed by atoms with van der Waals surface area (Å²) < 4.78 is 0. The molecule has 0 aliphatic heterocycles. The van der Waals surface area contributed by atoms with E-state index in [1.807, 2.05) is 6.20 Å². The van der Waals surface area contributed by atoms with Crippen molar-refractivity contribution >= 4 is 41.3 Å². The Morgan fingerprint density at radius 2 is 1.96 bits per heavy atom. The van der Waals surface area contributed by atoms with Gasteiger partial charge in [-0.3, -0.25) is 0 Å². The molecule has 0 amide bonds. The molecule has 0 aliphatic rings. The lowest BCUT2D eigenvalue weighted by molar-refractivity contribution is 0.290. The van der Waals surface area contributed by atoms with Crippen LogP contribution in [0.3, 0.4) is 0 Å². The second kappa shape index (κ2) is 12.2. The van der Waals surface area contributed by atoms with E-state index < -0.39 is 0 Å². The van der Waals surface area contributed by atoms with Crippen molar-refractivity contribution in [3.8, 4) is 0 Å². The van der Waals surface area contributed by atoms with Crippen molar-refractivity contribution in [3.63, 3.8) is 0 Å². The highest BCUT2D eigenvalue weighted by atomic mass is 127. The first kappa shape index (κ1) is 22.9. The molecule has 1 heterocycles. The maximum absolute atomic E-state index is 4.66. The Morgan fingerprint density at radius 1 is 1.23 bits per heavy atom. The standard InChI is InChI=1S/C19H29N5S.HI/c1-5-20-19(23-14-18-21-12-15(2)25-18)22-13-17(24(3)4)11-16-9-7-6-8-10-16;/h6-10,12,17H,5,11,13-14H2,1-4H3,(H2,20,22,23);1H. The van der Waals surface area contributed by atoms with Crippen LogP contribution in [0.25, 0.3) is 0 Å². The molecule has 26 heavy (non-hydrogen) atoms. The van der Waals surface area contributed by atoms with Gasteiger partial charge in [-0.2, -0.15) is 0 Å². The zero-order valence-corrected chi connectivity index (χ0v) is 19.2. The Bertz CT molecular complexity index is 657. The largest absolute Gasteiger partial charge is 0.357 e. The number of nitrogens with zero attached hydrogens (tertiary/aromatic N) is 3. The van der Waals surface area contributed by atoms with Gasteiger partial charge >= 0.3 is 0 Å². The molecule has 0 aliphatic carbocycles. The number of aliphatic imine (C=N–C) groups is 1. The molecule has 5 nitrogen and oxygen atoms in total. The number of likely N-dealkylation sites (N-methyl/N-ethyl adjacent to an activating group) is 1. The molecule has 7 heteroatoms. The highest BCUT2D eigenvalue weighted by Gasteiger charge is 2.13. The number of hydrogen-bond donors (Lipinski definition) is 2. The number of aromatic nitrogens is 1. The Balaban J connectivity index is 0.00000338. The molecular formula is C19H30IN5S. The van der Waals surface area contributed by atoms with Crippen molar-refractivity contribution < 1.29 is 0 Å². The summed E-state index contributed by atoms with van der Waals surface area (Å²) in [7, 11) is 4.25. The van der Waals surface area contributed by atoms with Gasteiger partial charge in [0.25, 0.3) is 0 Å². The molecule has 1 aromatic carbocycles. The van der Waals surface area contributed by atoms with E-state index in [4.69, 9.17) is 0 Å². The van der Waals surface area contributed by atoms with E-state index in [1.165, 1.54) is 10.4 Å². The Labute approximate surface area is 178 Å². The van der Waals surface area contributed by atoms with Crippen molar-refractivity contribution in [3.05, 3.63) is 52.0 Å². The minimum Gasteiger partial charge on any atom is -0.357 e. The Hall–Kier alpha value is -1.19. The van der Waals surface area contributed by atoms with Crippen LogP contribution in [0.4, 0.5) is 0 Å². The fraction of sp³-hybridized carbons (Fsp3) is 0.474. The molecule has 0 spiro atoms. The van der Waals surface area contributed by atoms with Gasteiger partial charge in [0.05, 0.1) is 6.54 Å². The molecule has 0 saturated carbocycles. The molecule has 2 rings (SSSR count). The highest BCUT2D eigenvalue weighted by Crippen LogP contribution is 2.11. The zero-order chi connectivity index (χ0) is 18.1. The van der Waals surface area contributed by atoms with Crippen LogP contribution in [0.1, 0.15) is 22.4 Å². The summed E-state index contributed by atoms with van der Waals surface area (Å²) in [6.45, 7) is 6.44. The lowest BCUT2D eigenvalue weighted by atomic mass is 10.1. The molecule has 0 fully saturated rings. The normalized spacial score (nSPS) is 12.6. The number of rotatable bonds is 8. The third-order valence-electron chi connectivity index (χ3n) is 3.94. The molecule has 0 bridgehead atoms. The quantitative estimate of drug-likeness (QED) is 0.341. The summed E-state index contributed by atoms with van der Waals surface area (Å²) in [5, 5.41) is 7.83. The number of thiazole rings is 1. The number of halogens is 1. The van der Waals surface area contributed by atoms with E-state index in [1.54, 1.807) is 11.3 Å². The second-order valence-electron chi connectivity index (χ2n) is 6.25. The van der Waals surface area contributed by atoms with Crippen molar-refractivity contribution in [2.45, 2.75) is 32.9 Å². The Kier molecular flexibility index (Phi) is 10.8. The first-order valence-electron chi connectivity index (χ1n) is 8.72. The van der Waals surface area contributed by atoms with E-state index in [9.17, 15) is 0 Å². The van der Waals surface area contributed by atoms with Crippen LogP contribution in [0, 0.1) is 6.92 Å². The summed E-state index contributed by atoms with van der Waals surface area (Å²) in [6.07, 6.45) is 2.91. The SMILES string of the molecule is CCNC(=NCc1ncc(C)s1)NCC(Cc1ccccc1)N(C)C.I. The fourth-order valence-corrected chi connectivity index (χ4v) is 3.21. The van der Waals surface area contributed by atoms with Crippen LogP contribution < -0.4 is 10.6 Å². The minimum atomic E-state index is 0. The van der Waals surface area contributed by atoms with Crippen molar-refractivity contribution in [1.82, 2.24) is 20.5 Å². The van der Waals surface area contributed by atoms with Gasteiger partial charge in [0.15, 0.2) is 5.96 Å². The first-order valence-corrected chi connectivity index (χ1v) is 9.54. The van der Waals surface area contributed by atoms with Crippen LogP contribution in [-0.4, -0.2) is 49.1 Å². The summed E-state index contributed by atoms with van der Waals surface area (Å²) in [4.78, 5) is 12.5. The molecule has 0 radical (unpaired) electrons.